The molecule has 0 saturated carbocycles. The van der Waals surface area contributed by atoms with Gasteiger partial charge in [-0.2, -0.15) is 13.2 Å². The molecule has 6 N–H and O–H groups in total. The highest BCUT2D eigenvalue weighted by Gasteiger charge is 2.58. The van der Waals surface area contributed by atoms with Gasteiger partial charge in [0, 0.05) is 11.6 Å². The molecular weight excluding hydrogens is 493 g/mol. The lowest BCUT2D eigenvalue weighted by Gasteiger charge is -2.27. The van der Waals surface area contributed by atoms with E-state index in [9.17, 15) is 31.9 Å². The van der Waals surface area contributed by atoms with Gasteiger partial charge < -0.3 is 26.4 Å². The number of halogens is 5. The first-order chi connectivity index (χ1) is 16.9. The molecule has 190 valence electrons. The van der Waals surface area contributed by atoms with E-state index in [1.54, 1.807) is 6.07 Å². The molecule has 2 heterocycles. The van der Waals surface area contributed by atoms with Gasteiger partial charge in [-0.25, -0.2) is 18.7 Å². The minimum atomic E-state index is -5.45. The number of nitrogens with two attached hydrogens (primary N) is 2. The summed E-state index contributed by atoms with van der Waals surface area (Å²) in [4.78, 5) is 22.8. The number of anilines is 1. The van der Waals surface area contributed by atoms with Gasteiger partial charge in [0.2, 0.25) is 0 Å². The van der Waals surface area contributed by atoms with E-state index in [-0.39, 0.29) is 35.0 Å². The number of hydrogen-bond acceptors (Lipinski definition) is 9. The topological polar surface area (TPSA) is 166 Å². The summed E-state index contributed by atoms with van der Waals surface area (Å²) in [5, 5.41) is 15.3. The van der Waals surface area contributed by atoms with E-state index in [1.165, 1.54) is 36.6 Å². The Kier molecular flexibility index (Phi) is 7.62. The molecule has 1 atom stereocenters. The van der Waals surface area contributed by atoms with Crippen molar-refractivity contribution in [1.82, 2.24) is 15.1 Å². The van der Waals surface area contributed by atoms with Crippen molar-refractivity contribution in [2.45, 2.75) is 18.3 Å². The summed E-state index contributed by atoms with van der Waals surface area (Å²) < 4.78 is 72.1. The van der Waals surface area contributed by atoms with Gasteiger partial charge in [-0.05, 0) is 12.1 Å². The number of aromatic nitrogens is 3. The molecule has 0 spiro atoms. The number of nitrogens with one attached hydrogen (secondary N) is 1. The number of benzene rings is 1. The maximum absolute atomic E-state index is 14.1. The van der Waals surface area contributed by atoms with Crippen LogP contribution in [0.1, 0.15) is 17.1 Å². The lowest BCUT2D eigenvalue weighted by atomic mass is 10.0. The lowest BCUT2D eigenvalue weighted by Crippen LogP contribution is -2.59. The van der Waals surface area contributed by atoms with Crippen LogP contribution in [0.15, 0.2) is 58.4 Å². The van der Waals surface area contributed by atoms with Gasteiger partial charge >= 0.3 is 6.18 Å². The van der Waals surface area contributed by atoms with E-state index >= 15 is 0 Å². The minimum absolute atomic E-state index is 0.104. The first kappa shape index (κ1) is 26.2. The summed E-state index contributed by atoms with van der Waals surface area (Å²) in [5.74, 6) is -4.95. The number of aliphatic hydroxyl groups is 1. The molecule has 0 fully saturated rings. The third-order valence-corrected chi connectivity index (χ3v) is 4.76. The Labute approximate surface area is 199 Å². The minimum Gasteiger partial charge on any atom is -0.396 e. The number of rotatable bonds is 9. The largest absolute Gasteiger partial charge is 0.428 e. The van der Waals surface area contributed by atoms with Crippen molar-refractivity contribution in [1.29, 1.82) is 0 Å². The van der Waals surface area contributed by atoms with Crippen molar-refractivity contribution in [2.24, 2.45) is 16.5 Å². The van der Waals surface area contributed by atoms with Gasteiger partial charge in [-0.1, -0.05) is 23.4 Å². The van der Waals surface area contributed by atoms with Crippen LogP contribution >= 0.6 is 0 Å². The van der Waals surface area contributed by atoms with E-state index in [2.05, 4.69) is 25.9 Å². The zero-order valence-electron chi connectivity index (χ0n) is 18.1. The summed E-state index contributed by atoms with van der Waals surface area (Å²) in [6.45, 7) is -1.64. The Morgan fingerprint density at radius 3 is 2.50 bits per heavy atom. The number of carbonyl (C=O) groups excluding carboxylic acids is 1. The Hall–Kier alpha value is -4.40. The highest BCUT2D eigenvalue weighted by Crippen LogP contribution is 2.30. The molecule has 36 heavy (non-hydrogen) atoms. The first-order valence-electron chi connectivity index (χ1n) is 9.94. The van der Waals surface area contributed by atoms with Crippen LogP contribution < -0.4 is 16.8 Å². The summed E-state index contributed by atoms with van der Waals surface area (Å²) in [6, 6.07) is 7.33. The maximum Gasteiger partial charge on any atom is 0.428 e. The molecule has 0 unspecified atom stereocenters. The van der Waals surface area contributed by atoms with Crippen LogP contribution in [0.5, 0.6) is 0 Å². The van der Waals surface area contributed by atoms with E-state index in [0.29, 0.717) is 6.20 Å². The summed E-state index contributed by atoms with van der Waals surface area (Å²) >= 11 is 0. The predicted molar refractivity (Wildman–Crippen MR) is 116 cm³/mol. The molecule has 3 aromatic rings. The maximum atomic E-state index is 14.1. The normalized spacial score (nSPS) is 14.4. The third kappa shape index (κ3) is 5.80. The number of amides is 1. The van der Waals surface area contributed by atoms with Crippen LogP contribution in [0.3, 0.4) is 0 Å². The molecule has 0 aliphatic heterocycles. The summed E-state index contributed by atoms with van der Waals surface area (Å²) in [7, 11) is 0. The predicted octanol–water partition coefficient (Wildman–Crippen LogP) is 1.92. The van der Waals surface area contributed by atoms with Gasteiger partial charge in [0.25, 0.3) is 11.5 Å². The smallest absolute Gasteiger partial charge is 0.396 e. The number of nitrogens with zero attached hydrogens (tertiary/aromatic N) is 4. The molecule has 15 heteroatoms. The SMILES string of the molecule is NC(=O)[C@](O)(CNc1nc(/C(N)=C/C(=NCc2ccccc2F)c2ccon2)ncc1F)C(F)(F)F. The van der Waals surface area contributed by atoms with Crippen LogP contribution in [0.4, 0.5) is 27.8 Å². The molecule has 0 aliphatic carbocycles. The summed E-state index contributed by atoms with van der Waals surface area (Å²) in [6.07, 6.45) is -2.38. The number of hydrogen-bond donors (Lipinski definition) is 4. The van der Waals surface area contributed by atoms with Crippen molar-refractivity contribution >= 4 is 23.1 Å². The van der Waals surface area contributed by atoms with Crippen molar-refractivity contribution < 1.29 is 36.4 Å². The summed E-state index contributed by atoms with van der Waals surface area (Å²) in [5.41, 5.74) is 7.00. The van der Waals surface area contributed by atoms with E-state index in [0.717, 1.165) is 0 Å². The van der Waals surface area contributed by atoms with Crippen molar-refractivity contribution in [2.75, 3.05) is 11.9 Å². The Morgan fingerprint density at radius 2 is 1.89 bits per heavy atom. The van der Waals surface area contributed by atoms with Gasteiger partial charge in [0.05, 0.1) is 30.7 Å². The highest BCUT2D eigenvalue weighted by atomic mass is 19.4. The van der Waals surface area contributed by atoms with Crippen LogP contribution in [-0.4, -0.2) is 50.2 Å². The second kappa shape index (κ2) is 10.5. The number of primary amides is 1. The van der Waals surface area contributed by atoms with Crippen LogP contribution in [0.25, 0.3) is 5.70 Å². The van der Waals surface area contributed by atoms with Gasteiger partial charge in [-0.3, -0.25) is 9.79 Å². The molecule has 0 aliphatic rings. The molecule has 10 nitrogen and oxygen atoms in total. The highest BCUT2D eigenvalue weighted by molar-refractivity contribution is 6.10. The van der Waals surface area contributed by atoms with E-state index < -0.39 is 41.7 Å². The third-order valence-electron chi connectivity index (χ3n) is 4.76. The quantitative estimate of drug-likeness (QED) is 0.250. The fourth-order valence-electron chi connectivity index (χ4n) is 2.72. The number of carbonyl (C=O) groups is 1. The fraction of sp³-hybridized carbons (Fsp3) is 0.190. The number of alkyl halides is 3. The van der Waals surface area contributed by atoms with Crippen LogP contribution in [-0.2, 0) is 11.3 Å². The van der Waals surface area contributed by atoms with E-state index in [4.69, 9.17) is 10.3 Å². The van der Waals surface area contributed by atoms with Crippen molar-refractivity contribution in [3.8, 4) is 0 Å². The van der Waals surface area contributed by atoms with Gasteiger partial charge in [-0.15, -0.1) is 0 Å². The molecule has 0 saturated heterocycles. The van der Waals surface area contributed by atoms with Gasteiger partial charge in [0.1, 0.15) is 17.8 Å². The van der Waals surface area contributed by atoms with Crippen molar-refractivity contribution in [3.63, 3.8) is 0 Å². The van der Waals surface area contributed by atoms with Crippen LogP contribution in [0, 0.1) is 11.6 Å². The Balaban J connectivity index is 1.90. The standard InChI is InChI=1S/C21H18F5N7O3/c22-12-4-2-1-3-11(12)8-29-16(15-5-6-36-33-15)7-14(27)18-30-9-13(23)17(32-18)31-10-20(35,19(28)34)21(24,25)26/h1-7,9,35H,8,10,27H2,(H2,28,34)(H,30,31,32)/b14-7-,29-16?/t20-/m1/s1. The average molecular weight is 511 g/mol. The molecule has 1 aromatic carbocycles. The number of aliphatic imine (C=N–C) groups is 1. The Morgan fingerprint density at radius 1 is 1.17 bits per heavy atom. The van der Waals surface area contributed by atoms with E-state index in [1.807, 2.05) is 5.32 Å². The molecular formula is C21H18F5N7O3. The lowest BCUT2D eigenvalue weighted by molar-refractivity contribution is -0.245. The van der Waals surface area contributed by atoms with Gasteiger partial charge in [0.15, 0.2) is 17.5 Å². The number of allylic oxidation sites excluding steroid dienone is 1. The molecule has 0 radical (unpaired) electrons. The zero-order valence-corrected chi connectivity index (χ0v) is 18.1. The zero-order chi connectivity index (χ0) is 26.5. The molecule has 0 bridgehead atoms. The second-order valence-corrected chi connectivity index (χ2v) is 7.24. The van der Waals surface area contributed by atoms with Crippen LogP contribution in [0.2, 0.25) is 0 Å². The molecule has 1 amide bonds. The average Bonchev–Trinajstić information content (AvgIpc) is 3.35. The first-order valence-corrected chi connectivity index (χ1v) is 9.94. The van der Waals surface area contributed by atoms with Crippen molar-refractivity contribution in [3.05, 3.63) is 77.6 Å². The Bertz CT molecular complexity index is 1300. The molecule has 2 aromatic heterocycles. The fourth-order valence-corrected chi connectivity index (χ4v) is 2.72. The molecule has 3 rings (SSSR count). The second-order valence-electron chi connectivity index (χ2n) is 7.24. The monoisotopic (exact) mass is 511 g/mol.